The SMILES string of the molecule is COc1ccc(C(=O)N2CCC3(CC2)OCCO3)cc1N. The van der Waals surface area contributed by atoms with Gasteiger partial charge in [-0.15, -0.1) is 0 Å². The minimum Gasteiger partial charge on any atom is -0.495 e. The Morgan fingerprint density at radius 2 is 1.95 bits per heavy atom. The van der Waals surface area contributed by atoms with Gasteiger partial charge in [-0.1, -0.05) is 0 Å². The number of hydrogen-bond acceptors (Lipinski definition) is 5. The van der Waals surface area contributed by atoms with Gasteiger partial charge in [-0.25, -0.2) is 0 Å². The molecule has 0 saturated carbocycles. The first-order valence-electron chi connectivity index (χ1n) is 7.14. The maximum absolute atomic E-state index is 12.5. The van der Waals surface area contributed by atoms with Gasteiger partial charge < -0.3 is 24.8 Å². The zero-order valence-corrected chi connectivity index (χ0v) is 12.1. The highest BCUT2D eigenvalue weighted by atomic mass is 16.7. The number of ether oxygens (including phenoxy) is 3. The fourth-order valence-electron chi connectivity index (χ4n) is 2.89. The first-order chi connectivity index (χ1) is 10.1. The molecule has 0 aliphatic carbocycles. The van der Waals surface area contributed by atoms with Crippen LogP contribution in [0.4, 0.5) is 5.69 Å². The van der Waals surface area contributed by atoms with E-state index in [1.807, 2.05) is 4.90 Å². The highest BCUT2D eigenvalue weighted by Gasteiger charge is 2.40. The lowest BCUT2D eigenvalue weighted by molar-refractivity contribution is -0.181. The van der Waals surface area contributed by atoms with E-state index in [0.29, 0.717) is 56.1 Å². The highest BCUT2D eigenvalue weighted by molar-refractivity contribution is 5.95. The van der Waals surface area contributed by atoms with Gasteiger partial charge in [0, 0.05) is 31.5 Å². The van der Waals surface area contributed by atoms with Crippen molar-refractivity contribution in [2.75, 3.05) is 39.1 Å². The van der Waals surface area contributed by atoms with Gasteiger partial charge in [0.25, 0.3) is 5.91 Å². The molecule has 1 spiro atoms. The van der Waals surface area contributed by atoms with Crippen molar-refractivity contribution in [3.05, 3.63) is 23.8 Å². The molecule has 6 nitrogen and oxygen atoms in total. The van der Waals surface area contributed by atoms with Crippen LogP contribution in [0.2, 0.25) is 0 Å². The van der Waals surface area contributed by atoms with E-state index in [0.717, 1.165) is 0 Å². The van der Waals surface area contributed by atoms with E-state index in [4.69, 9.17) is 19.9 Å². The van der Waals surface area contributed by atoms with Crippen LogP contribution in [0, 0.1) is 0 Å². The molecule has 1 amide bonds. The van der Waals surface area contributed by atoms with E-state index in [9.17, 15) is 4.79 Å². The number of rotatable bonds is 2. The van der Waals surface area contributed by atoms with Crippen molar-refractivity contribution in [2.24, 2.45) is 0 Å². The van der Waals surface area contributed by atoms with Gasteiger partial charge in [-0.2, -0.15) is 0 Å². The second-order valence-electron chi connectivity index (χ2n) is 5.36. The summed E-state index contributed by atoms with van der Waals surface area (Å²) in [5, 5.41) is 0. The first kappa shape index (κ1) is 14.2. The number of benzene rings is 1. The average Bonchev–Trinajstić information content (AvgIpc) is 2.95. The Morgan fingerprint density at radius 1 is 1.29 bits per heavy atom. The Bertz CT molecular complexity index is 530. The molecule has 114 valence electrons. The van der Waals surface area contributed by atoms with Crippen LogP contribution in [-0.2, 0) is 9.47 Å². The third-order valence-corrected chi connectivity index (χ3v) is 4.10. The Morgan fingerprint density at radius 3 is 2.52 bits per heavy atom. The molecule has 2 heterocycles. The molecular formula is C15H20N2O4. The van der Waals surface area contributed by atoms with Gasteiger partial charge in [-0.05, 0) is 18.2 Å². The Balaban J connectivity index is 1.67. The van der Waals surface area contributed by atoms with Crippen molar-refractivity contribution in [1.29, 1.82) is 0 Å². The van der Waals surface area contributed by atoms with Crippen LogP contribution in [0.15, 0.2) is 18.2 Å². The number of methoxy groups -OCH3 is 1. The summed E-state index contributed by atoms with van der Waals surface area (Å²) in [5.41, 5.74) is 6.91. The predicted octanol–water partition coefficient (Wildman–Crippen LogP) is 1.26. The Kier molecular flexibility index (Phi) is 3.73. The van der Waals surface area contributed by atoms with Crippen molar-refractivity contribution in [3.8, 4) is 5.75 Å². The summed E-state index contributed by atoms with van der Waals surface area (Å²) >= 11 is 0. The third-order valence-electron chi connectivity index (χ3n) is 4.10. The molecule has 0 radical (unpaired) electrons. The molecule has 2 aliphatic heterocycles. The molecular weight excluding hydrogens is 272 g/mol. The second kappa shape index (κ2) is 5.54. The topological polar surface area (TPSA) is 74.0 Å². The van der Waals surface area contributed by atoms with Gasteiger partial charge in [0.2, 0.25) is 0 Å². The molecule has 1 aromatic rings. The fourth-order valence-corrected chi connectivity index (χ4v) is 2.89. The molecule has 0 aromatic heterocycles. The summed E-state index contributed by atoms with van der Waals surface area (Å²) in [4.78, 5) is 14.3. The van der Waals surface area contributed by atoms with Crippen LogP contribution in [0.5, 0.6) is 5.75 Å². The normalized spacial score (nSPS) is 20.7. The van der Waals surface area contributed by atoms with E-state index in [2.05, 4.69) is 0 Å². The fraction of sp³-hybridized carbons (Fsp3) is 0.533. The predicted molar refractivity (Wildman–Crippen MR) is 77.2 cm³/mol. The zero-order chi connectivity index (χ0) is 14.9. The van der Waals surface area contributed by atoms with Crippen molar-refractivity contribution in [3.63, 3.8) is 0 Å². The number of amides is 1. The average molecular weight is 292 g/mol. The molecule has 2 saturated heterocycles. The largest absolute Gasteiger partial charge is 0.495 e. The van der Waals surface area contributed by atoms with Crippen LogP contribution in [0.1, 0.15) is 23.2 Å². The molecule has 0 bridgehead atoms. The number of likely N-dealkylation sites (tertiary alicyclic amines) is 1. The summed E-state index contributed by atoms with van der Waals surface area (Å²) in [6, 6.07) is 5.12. The molecule has 0 atom stereocenters. The van der Waals surface area contributed by atoms with E-state index < -0.39 is 5.79 Å². The van der Waals surface area contributed by atoms with Crippen LogP contribution < -0.4 is 10.5 Å². The number of anilines is 1. The van der Waals surface area contributed by atoms with E-state index in [1.165, 1.54) is 0 Å². The molecule has 2 aliphatic rings. The number of piperidine rings is 1. The first-order valence-corrected chi connectivity index (χ1v) is 7.14. The molecule has 1 aromatic carbocycles. The summed E-state index contributed by atoms with van der Waals surface area (Å²) in [5.74, 6) is 0.101. The molecule has 0 unspecified atom stereocenters. The van der Waals surface area contributed by atoms with Gasteiger partial charge in [-0.3, -0.25) is 4.79 Å². The summed E-state index contributed by atoms with van der Waals surface area (Å²) in [7, 11) is 1.55. The maximum Gasteiger partial charge on any atom is 0.253 e. The van der Waals surface area contributed by atoms with Crippen LogP contribution >= 0.6 is 0 Å². The lowest BCUT2D eigenvalue weighted by atomic mass is 10.0. The highest BCUT2D eigenvalue weighted by Crippen LogP contribution is 2.32. The van der Waals surface area contributed by atoms with E-state index in [1.54, 1.807) is 25.3 Å². The molecule has 21 heavy (non-hydrogen) atoms. The van der Waals surface area contributed by atoms with Crippen LogP contribution in [0.3, 0.4) is 0 Å². The number of hydrogen-bond donors (Lipinski definition) is 1. The zero-order valence-electron chi connectivity index (χ0n) is 12.1. The maximum atomic E-state index is 12.5. The van der Waals surface area contributed by atoms with Crippen LogP contribution in [0.25, 0.3) is 0 Å². The quantitative estimate of drug-likeness (QED) is 0.831. The van der Waals surface area contributed by atoms with Gasteiger partial charge >= 0.3 is 0 Å². The third kappa shape index (κ3) is 2.69. The summed E-state index contributed by atoms with van der Waals surface area (Å²) in [6.07, 6.45) is 1.43. The van der Waals surface area contributed by atoms with Gasteiger partial charge in [0.1, 0.15) is 5.75 Å². The van der Waals surface area contributed by atoms with Crippen molar-refractivity contribution < 1.29 is 19.0 Å². The lowest BCUT2D eigenvalue weighted by Crippen LogP contribution is -2.47. The second-order valence-corrected chi connectivity index (χ2v) is 5.36. The van der Waals surface area contributed by atoms with Crippen molar-refractivity contribution in [2.45, 2.75) is 18.6 Å². The van der Waals surface area contributed by atoms with E-state index >= 15 is 0 Å². The number of nitrogens with two attached hydrogens (primary N) is 1. The minimum atomic E-state index is -0.463. The number of nitrogens with zero attached hydrogens (tertiary/aromatic N) is 1. The summed E-state index contributed by atoms with van der Waals surface area (Å²) in [6.45, 7) is 2.54. The number of carbonyl (C=O) groups is 1. The monoisotopic (exact) mass is 292 g/mol. The standard InChI is InChI=1S/C15H20N2O4/c1-19-13-3-2-11(10-12(13)16)14(18)17-6-4-15(5-7-17)20-8-9-21-15/h2-3,10H,4-9,16H2,1H3. The lowest BCUT2D eigenvalue weighted by Gasteiger charge is -2.37. The summed E-state index contributed by atoms with van der Waals surface area (Å²) < 4.78 is 16.4. The van der Waals surface area contributed by atoms with Crippen molar-refractivity contribution in [1.82, 2.24) is 4.90 Å². The Labute approximate surface area is 123 Å². The molecule has 6 heteroatoms. The smallest absolute Gasteiger partial charge is 0.253 e. The number of carbonyl (C=O) groups excluding carboxylic acids is 1. The Hall–Kier alpha value is -1.79. The molecule has 2 N–H and O–H groups in total. The molecule has 3 rings (SSSR count). The van der Waals surface area contributed by atoms with Gasteiger partial charge in [0.15, 0.2) is 5.79 Å². The van der Waals surface area contributed by atoms with Crippen LogP contribution in [-0.4, -0.2) is 50.0 Å². The van der Waals surface area contributed by atoms with Crippen molar-refractivity contribution >= 4 is 11.6 Å². The number of nitrogen functional groups attached to an aromatic ring is 1. The minimum absolute atomic E-state index is 0.0165. The molecule has 2 fully saturated rings. The van der Waals surface area contributed by atoms with Gasteiger partial charge in [0.05, 0.1) is 26.0 Å². The van der Waals surface area contributed by atoms with E-state index in [-0.39, 0.29) is 5.91 Å².